The molecule has 0 N–H and O–H groups in total. The van der Waals surface area contributed by atoms with Crippen molar-refractivity contribution in [3.05, 3.63) is 235 Å². The molecule has 0 aliphatic heterocycles. The molecule has 0 saturated heterocycles. The van der Waals surface area contributed by atoms with E-state index in [1.165, 1.54) is 0 Å². The fourth-order valence-corrected chi connectivity index (χ4v) is 14.6. The molecule has 0 saturated carbocycles. The lowest BCUT2D eigenvalue weighted by molar-refractivity contribution is 0.282. The molecule has 0 heterocycles. The average Bonchev–Trinajstić information content (AvgIpc) is 0.736. The molecule has 12 heteroatoms. The second-order valence-electron chi connectivity index (χ2n) is 28.8. The van der Waals surface area contributed by atoms with Crippen molar-refractivity contribution in [2.75, 3.05) is 52.9 Å². The number of ether oxygens (including phenoxy) is 8. The molecule has 1 aliphatic rings. The Kier molecular flexibility index (Phi) is 33.8. The summed E-state index contributed by atoms with van der Waals surface area (Å²) in [5.74, 6) is 2.54. The molecule has 0 unspecified atom stereocenters. The van der Waals surface area contributed by atoms with E-state index in [4.69, 9.17) is 37.9 Å². The first-order chi connectivity index (χ1) is 53.1. The van der Waals surface area contributed by atoms with E-state index >= 15 is 0 Å². The minimum atomic E-state index is -0.656. The molecular formula is C96H116N4O8. The largest absolute Gasteiger partial charge is 0.493 e. The van der Waals surface area contributed by atoms with Crippen molar-refractivity contribution >= 4 is 0 Å². The Balaban J connectivity index is 1.62. The Morgan fingerprint density at radius 2 is 0.343 bits per heavy atom. The van der Waals surface area contributed by atoms with E-state index in [9.17, 15) is 21.0 Å². The van der Waals surface area contributed by atoms with Crippen LogP contribution in [-0.4, -0.2) is 52.9 Å². The highest BCUT2D eigenvalue weighted by Gasteiger charge is 2.38. The van der Waals surface area contributed by atoms with Crippen molar-refractivity contribution in [2.24, 2.45) is 0 Å². The van der Waals surface area contributed by atoms with Crippen LogP contribution in [0.1, 0.15) is 322 Å². The molecule has 12 nitrogen and oxygen atoms in total. The standard InChI is InChI=1S/C96H116N4O8/c1-9-17-25-49-101-85-61-86(102-50-26-18-10-2)78-57-77(85)93(73-41-33-69(65-97)34-42-73)79-58-80(88(104-52-28-20-12-4)62-87(79)103-51-27-19-11-3)95(75-45-37-71(67-99)38-46-75)83-60-84(92(108-56-32-24-16-8)64-91(83)107-55-31-23-15-7)96(76-47-39-72(68-100)40-48-76)82-59-81(94(78)74-43-35-70(66-98)36-44-74)89(105-53-29-21-13-5)63-90(82)106-54-30-22-14-6/h33-48,57-64,93-96H,9-32,49-56H2,1-8H3. The van der Waals surface area contributed by atoms with Crippen molar-refractivity contribution in [1.82, 2.24) is 0 Å². The van der Waals surface area contributed by atoms with E-state index < -0.39 is 23.7 Å². The van der Waals surface area contributed by atoms with Crippen LogP contribution in [0.3, 0.4) is 0 Å². The number of benzene rings is 8. The number of rotatable bonds is 44. The van der Waals surface area contributed by atoms with Gasteiger partial charge >= 0.3 is 0 Å². The van der Waals surface area contributed by atoms with E-state index in [-0.39, 0.29) is 0 Å². The van der Waals surface area contributed by atoms with Crippen molar-refractivity contribution in [1.29, 1.82) is 21.0 Å². The lowest BCUT2D eigenvalue weighted by atomic mass is 9.74. The summed E-state index contributed by atoms with van der Waals surface area (Å²) in [5.41, 5.74) is 12.4. The van der Waals surface area contributed by atoms with E-state index in [0.717, 1.165) is 221 Å². The van der Waals surface area contributed by atoms with Gasteiger partial charge < -0.3 is 37.9 Å². The highest BCUT2D eigenvalue weighted by Crippen LogP contribution is 2.55. The zero-order chi connectivity index (χ0) is 76.2. The van der Waals surface area contributed by atoms with Crippen LogP contribution in [0.2, 0.25) is 0 Å². The van der Waals surface area contributed by atoms with Gasteiger partial charge in [0.15, 0.2) is 0 Å². The third-order valence-corrected chi connectivity index (χ3v) is 20.6. The lowest BCUT2D eigenvalue weighted by Crippen LogP contribution is -2.18. The maximum atomic E-state index is 10.6. The van der Waals surface area contributed by atoms with Crippen molar-refractivity contribution < 1.29 is 37.9 Å². The number of nitriles is 4. The van der Waals surface area contributed by atoms with Gasteiger partial charge in [-0.2, -0.15) is 21.0 Å². The first-order valence-corrected chi connectivity index (χ1v) is 40.9. The van der Waals surface area contributed by atoms with Gasteiger partial charge in [-0.15, -0.1) is 0 Å². The van der Waals surface area contributed by atoms with Crippen LogP contribution in [0.25, 0.3) is 0 Å². The third kappa shape index (κ3) is 22.2. The summed E-state index contributed by atoms with van der Waals surface area (Å²) in [7, 11) is 0. The molecule has 1 aliphatic carbocycles. The summed E-state index contributed by atoms with van der Waals surface area (Å²) < 4.78 is 59.1. The SMILES string of the molecule is CCCCCOc1cc(OCCCCC)c2cc1C(c1ccc(C#N)cc1)c1cc(c(OCCCCC)cc1OCCCCC)C(c1ccc(C#N)cc1)c1cc(c(OCCCCC)cc1OCCCCC)C(c1ccc(C#N)cc1)c1cc(c(OCCCCC)cc1OCCCCC)C2c1ccc(C#N)cc1. The molecule has 0 amide bonds. The Labute approximate surface area is 646 Å². The Morgan fingerprint density at radius 3 is 0.463 bits per heavy atom. The second kappa shape index (κ2) is 44.4. The van der Waals surface area contributed by atoms with Crippen LogP contribution in [0.4, 0.5) is 0 Å². The monoisotopic (exact) mass is 1450 g/mol. The molecule has 0 radical (unpaired) electrons. The molecule has 568 valence electrons. The first kappa shape index (κ1) is 82.2. The van der Waals surface area contributed by atoms with Crippen LogP contribution in [-0.2, 0) is 0 Å². The van der Waals surface area contributed by atoms with Crippen LogP contribution in [0, 0.1) is 45.3 Å². The fourth-order valence-electron chi connectivity index (χ4n) is 14.6. The number of hydrogen-bond donors (Lipinski definition) is 0. The number of unbranched alkanes of at least 4 members (excludes halogenated alkanes) is 16. The molecule has 9 rings (SSSR count). The van der Waals surface area contributed by atoms with Crippen molar-refractivity contribution in [3.8, 4) is 70.3 Å². The minimum Gasteiger partial charge on any atom is -0.493 e. The summed E-state index contributed by atoms with van der Waals surface area (Å²) in [6.45, 7) is 21.1. The molecule has 0 fully saturated rings. The van der Waals surface area contributed by atoms with E-state index in [0.29, 0.717) is 121 Å². The van der Waals surface area contributed by atoms with Gasteiger partial charge in [0.25, 0.3) is 0 Å². The molecule has 0 aromatic heterocycles. The Morgan fingerprint density at radius 1 is 0.204 bits per heavy atom. The summed E-state index contributed by atoms with van der Waals surface area (Å²) in [5, 5.41) is 42.5. The van der Waals surface area contributed by atoms with Gasteiger partial charge in [-0.25, -0.2) is 0 Å². The van der Waals surface area contributed by atoms with Gasteiger partial charge in [0.1, 0.15) is 46.0 Å². The van der Waals surface area contributed by atoms with Gasteiger partial charge in [-0.05, 0) is 146 Å². The highest BCUT2D eigenvalue weighted by molar-refractivity contribution is 5.69. The number of hydrogen-bond acceptors (Lipinski definition) is 12. The first-order valence-electron chi connectivity index (χ1n) is 40.9. The average molecular weight is 1450 g/mol. The van der Waals surface area contributed by atoms with Crippen molar-refractivity contribution in [2.45, 2.75) is 233 Å². The molecule has 8 aromatic rings. The Hall–Kier alpha value is -9.88. The molecule has 8 bridgehead atoms. The molecule has 0 spiro atoms. The second-order valence-corrected chi connectivity index (χ2v) is 28.8. The highest BCUT2D eigenvalue weighted by atomic mass is 16.5. The molecule has 0 atom stereocenters. The summed E-state index contributed by atoms with van der Waals surface area (Å²) in [6, 6.07) is 59.4. The van der Waals surface area contributed by atoms with Crippen LogP contribution >= 0.6 is 0 Å². The van der Waals surface area contributed by atoms with Gasteiger partial charge in [0, 0.05) is 92.4 Å². The summed E-state index contributed by atoms with van der Waals surface area (Å²) >= 11 is 0. The number of nitrogens with zero attached hydrogens (tertiary/aromatic N) is 4. The maximum absolute atomic E-state index is 10.6. The van der Waals surface area contributed by atoms with Crippen LogP contribution < -0.4 is 37.9 Å². The quantitative estimate of drug-likeness (QED) is 0.0332. The molecule has 108 heavy (non-hydrogen) atoms. The van der Waals surface area contributed by atoms with Crippen LogP contribution in [0.15, 0.2) is 146 Å². The molecular weight excluding hydrogens is 1340 g/mol. The summed E-state index contributed by atoms with van der Waals surface area (Å²) in [6.07, 6.45) is 22.2. The van der Waals surface area contributed by atoms with Crippen LogP contribution in [0.5, 0.6) is 46.0 Å². The van der Waals surface area contributed by atoms with E-state index in [1.54, 1.807) is 0 Å². The third-order valence-electron chi connectivity index (χ3n) is 20.6. The number of fused-ring (bicyclic) bond motifs is 8. The zero-order valence-electron chi connectivity index (χ0n) is 65.8. The Bertz CT molecular complexity index is 3560. The van der Waals surface area contributed by atoms with Gasteiger partial charge in [0.2, 0.25) is 0 Å². The normalized spacial score (nSPS) is 14.3. The van der Waals surface area contributed by atoms with Gasteiger partial charge in [-0.3, -0.25) is 0 Å². The lowest BCUT2D eigenvalue weighted by Gasteiger charge is -2.33. The maximum Gasteiger partial charge on any atom is 0.127 e. The summed E-state index contributed by atoms with van der Waals surface area (Å²) in [4.78, 5) is 0. The molecule has 8 aromatic carbocycles. The predicted octanol–water partition coefficient (Wildman–Crippen LogP) is 24.8. The fraction of sp³-hybridized carbons (Fsp3) is 0.458. The van der Waals surface area contributed by atoms with E-state index in [2.05, 4.69) is 177 Å². The van der Waals surface area contributed by atoms with Gasteiger partial charge in [-0.1, -0.05) is 207 Å². The minimum absolute atomic E-state index is 0.433. The smallest absolute Gasteiger partial charge is 0.127 e. The van der Waals surface area contributed by atoms with Crippen molar-refractivity contribution in [3.63, 3.8) is 0 Å². The van der Waals surface area contributed by atoms with Gasteiger partial charge in [0.05, 0.1) is 99.4 Å². The zero-order valence-corrected chi connectivity index (χ0v) is 65.8. The predicted molar refractivity (Wildman–Crippen MR) is 434 cm³/mol. The van der Waals surface area contributed by atoms with E-state index in [1.807, 2.05) is 48.5 Å². The topological polar surface area (TPSA) is 169 Å².